The van der Waals surface area contributed by atoms with Crippen molar-refractivity contribution in [2.75, 3.05) is 0 Å². The highest BCUT2D eigenvalue weighted by Gasteiger charge is 2.76. The Morgan fingerprint density at radius 1 is 1.10 bits per heavy atom. The lowest BCUT2D eigenvalue weighted by Gasteiger charge is -2.66. The largest absolute Gasteiger partial charge is 0.451 e. The number of aliphatic hydroxyl groups is 1. The number of carbonyl (C=O) groups is 3. The third kappa shape index (κ3) is 2.46. The Hall–Kier alpha value is -1.30. The van der Waals surface area contributed by atoms with Crippen LogP contribution in [-0.2, 0) is 19.1 Å². The smallest absolute Gasteiger partial charge is 0.303 e. The van der Waals surface area contributed by atoms with Gasteiger partial charge in [-0.2, -0.15) is 0 Å². The fraction of sp³-hybridized carbons (Fsp3) is 0.875. The number of hydrogen-bond acceptors (Lipinski definition) is 5. The molecule has 6 heteroatoms. The van der Waals surface area contributed by atoms with E-state index in [-0.39, 0.29) is 35.7 Å². The molecule has 0 aromatic carbocycles. The number of fused-ring (bicyclic) bond motifs is 5. The summed E-state index contributed by atoms with van der Waals surface area (Å²) in [6.45, 7) is 8.67. The van der Waals surface area contributed by atoms with E-state index < -0.39 is 40.1 Å². The molecule has 0 saturated heterocycles. The van der Waals surface area contributed by atoms with Crippen molar-refractivity contribution in [3.05, 3.63) is 0 Å². The molecule has 0 radical (unpaired) electrons. The van der Waals surface area contributed by atoms with Gasteiger partial charge in [-0.1, -0.05) is 20.8 Å². The van der Waals surface area contributed by atoms with Crippen molar-refractivity contribution in [1.29, 1.82) is 0 Å². The summed E-state index contributed by atoms with van der Waals surface area (Å²) < 4.78 is 22.9. The minimum absolute atomic E-state index is 0.0774. The van der Waals surface area contributed by atoms with E-state index in [1.54, 1.807) is 0 Å². The zero-order chi connectivity index (χ0) is 22.3. The number of halogens is 1. The standard InChI is InChI=1S/C24H35FO5/c1-13-10-19-17-7-9-23(14(2)26,30-15(3)27)22(17,5)12-20(29)24(19,25)21(4)8-6-16(28)11-18(13)21/h13,17-20,29H,6-12H2,1-5H3/t13?,17-,18?,19-,20?,21-,22-,23-,24-/m0/s1. The van der Waals surface area contributed by atoms with Crippen molar-refractivity contribution >= 4 is 17.5 Å². The van der Waals surface area contributed by atoms with Crippen LogP contribution in [0.5, 0.6) is 0 Å². The Kier molecular flexibility index (Phi) is 4.82. The molecule has 168 valence electrons. The number of aliphatic hydroxyl groups excluding tert-OH is 1. The molecule has 0 spiro atoms. The van der Waals surface area contributed by atoms with Crippen molar-refractivity contribution < 1.29 is 28.6 Å². The summed E-state index contributed by atoms with van der Waals surface area (Å²) in [4.78, 5) is 36.9. The molecule has 0 heterocycles. The molecule has 0 amide bonds. The second-order valence-electron chi connectivity index (χ2n) is 11.1. The van der Waals surface area contributed by atoms with Gasteiger partial charge in [-0.3, -0.25) is 14.4 Å². The van der Waals surface area contributed by atoms with Gasteiger partial charge in [-0.15, -0.1) is 0 Å². The number of hydrogen-bond donors (Lipinski definition) is 1. The maximum Gasteiger partial charge on any atom is 0.303 e. The van der Waals surface area contributed by atoms with Gasteiger partial charge in [0.25, 0.3) is 0 Å². The Balaban J connectivity index is 1.81. The van der Waals surface area contributed by atoms with E-state index in [2.05, 4.69) is 6.92 Å². The second kappa shape index (κ2) is 6.60. The predicted octanol–water partition coefficient (Wildman–Crippen LogP) is 3.80. The minimum atomic E-state index is -1.81. The first-order chi connectivity index (χ1) is 13.8. The van der Waals surface area contributed by atoms with Gasteiger partial charge >= 0.3 is 5.97 Å². The Morgan fingerprint density at radius 3 is 2.37 bits per heavy atom. The van der Waals surface area contributed by atoms with Crippen LogP contribution in [0.3, 0.4) is 0 Å². The van der Waals surface area contributed by atoms with Gasteiger partial charge in [0.15, 0.2) is 11.4 Å². The molecule has 1 N–H and O–H groups in total. The first kappa shape index (κ1) is 21.9. The van der Waals surface area contributed by atoms with Crippen LogP contribution in [-0.4, -0.2) is 40.0 Å². The Labute approximate surface area is 178 Å². The van der Waals surface area contributed by atoms with Crippen molar-refractivity contribution in [2.45, 2.75) is 96.9 Å². The van der Waals surface area contributed by atoms with Crippen LogP contribution < -0.4 is 0 Å². The van der Waals surface area contributed by atoms with Crippen molar-refractivity contribution in [3.63, 3.8) is 0 Å². The monoisotopic (exact) mass is 422 g/mol. The number of ketones is 2. The highest BCUT2D eigenvalue weighted by atomic mass is 19.1. The van der Waals surface area contributed by atoms with Crippen LogP contribution in [0, 0.1) is 34.5 Å². The molecule has 4 fully saturated rings. The van der Waals surface area contributed by atoms with Crippen LogP contribution in [0.25, 0.3) is 0 Å². The summed E-state index contributed by atoms with van der Waals surface area (Å²) in [5, 5.41) is 11.4. The van der Waals surface area contributed by atoms with Gasteiger partial charge in [-0.25, -0.2) is 4.39 Å². The lowest BCUT2D eigenvalue weighted by atomic mass is 9.40. The topological polar surface area (TPSA) is 80.7 Å². The first-order valence-corrected chi connectivity index (χ1v) is 11.4. The molecule has 4 aliphatic carbocycles. The average molecular weight is 423 g/mol. The van der Waals surface area contributed by atoms with Gasteiger partial charge in [0.05, 0.1) is 6.10 Å². The number of Topliss-reactive ketones (excluding diaryl/α,β-unsaturated/α-hetero) is 2. The molecular weight excluding hydrogens is 387 g/mol. The van der Waals surface area contributed by atoms with Crippen LogP contribution in [0.1, 0.15) is 79.6 Å². The normalized spacial score (nSPS) is 52.8. The maximum absolute atomic E-state index is 17.2. The zero-order valence-electron chi connectivity index (χ0n) is 18.8. The van der Waals surface area contributed by atoms with E-state index in [0.29, 0.717) is 38.5 Å². The molecule has 30 heavy (non-hydrogen) atoms. The lowest BCUT2D eigenvalue weighted by molar-refractivity contribution is -0.264. The number of esters is 1. The number of carbonyl (C=O) groups excluding carboxylic acids is 3. The first-order valence-electron chi connectivity index (χ1n) is 11.4. The fourth-order valence-corrected chi connectivity index (χ4v) is 8.54. The summed E-state index contributed by atoms with van der Waals surface area (Å²) in [6.07, 6.45) is 1.57. The molecule has 0 aliphatic heterocycles. The predicted molar refractivity (Wildman–Crippen MR) is 108 cm³/mol. The maximum atomic E-state index is 17.2. The fourth-order valence-electron chi connectivity index (χ4n) is 8.54. The van der Waals surface area contributed by atoms with Gasteiger partial charge in [0.1, 0.15) is 11.5 Å². The molecule has 0 aromatic heterocycles. The molecule has 5 nitrogen and oxygen atoms in total. The number of alkyl halides is 1. The molecule has 3 unspecified atom stereocenters. The zero-order valence-corrected chi connectivity index (χ0v) is 18.8. The Bertz CT molecular complexity index is 796. The summed E-state index contributed by atoms with van der Waals surface area (Å²) in [5.74, 6) is -1.06. The quantitative estimate of drug-likeness (QED) is 0.685. The Morgan fingerprint density at radius 2 is 1.77 bits per heavy atom. The van der Waals surface area contributed by atoms with Crippen molar-refractivity contribution in [2.24, 2.45) is 34.5 Å². The molecule has 4 saturated carbocycles. The van der Waals surface area contributed by atoms with Gasteiger partial charge in [0, 0.05) is 30.6 Å². The van der Waals surface area contributed by atoms with E-state index in [1.165, 1.54) is 13.8 Å². The summed E-state index contributed by atoms with van der Waals surface area (Å²) in [5.41, 5.74) is -4.70. The van der Waals surface area contributed by atoms with Crippen LogP contribution >= 0.6 is 0 Å². The van der Waals surface area contributed by atoms with Gasteiger partial charge in [-0.05, 0) is 62.7 Å². The third-order valence-corrected chi connectivity index (χ3v) is 9.94. The summed E-state index contributed by atoms with van der Waals surface area (Å²) >= 11 is 0. The lowest BCUT2D eigenvalue weighted by Crippen LogP contribution is -2.72. The van der Waals surface area contributed by atoms with E-state index in [9.17, 15) is 19.5 Å². The second-order valence-corrected chi connectivity index (χ2v) is 11.1. The van der Waals surface area contributed by atoms with E-state index in [4.69, 9.17) is 4.74 Å². The highest BCUT2D eigenvalue weighted by Crippen LogP contribution is 2.72. The van der Waals surface area contributed by atoms with Gasteiger partial charge in [0.2, 0.25) is 0 Å². The molecular formula is C24H35FO5. The van der Waals surface area contributed by atoms with Crippen molar-refractivity contribution in [1.82, 2.24) is 0 Å². The summed E-state index contributed by atoms with van der Waals surface area (Å²) in [6, 6.07) is 0. The van der Waals surface area contributed by atoms with Crippen LogP contribution in [0.15, 0.2) is 0 Å². The average Bonchev–Trinajstić information content (AvgIpc) is 2.92. The summed E-state index contributed by atoms with van der Waals surface area (Å²) in [7, 11) is 0. The van der Waals surface area contributed by atoms with E-state index >= 15 is 4.39 Å². The molecule has 9 atom stereocenters. The van der Waals surface area contributed by atoms with Crippen LogP contribution in [0.2, 0.25) is 0 Å². The van der Waals surface area contributed by atoms with E-state index in [0.717, 1.165) is 0 Å². The SMILES string of the molecule is CC(=O)O[C@]1(C(C)=O)CC[C@H]2[C@@H]3CC(C)C4CC(=O)CC[C@]4(C)[C@@]3(F)C(O)C[C@@]21C. The van der Waals surface area contributed by atoms with Crippen molar-refractivity contribution in [3.8, 4) is 0 Å². The van der Waals surface area contributed by atoms with E-state index in [1.807, 2.05) is 13.8 Å². The minimum Gasteiger partial charge on any atom is -0.451 e. The molecule has 0 aromatic rings. The third-order valence-electron chi connectivity index (χ3n) is 9.94. The number of rotatable bonds is 2. The van der Waals surface area contributed by atoms with Crippen LogP contribution in [0.4, 0.5) is 4.39 Å². The number of ether oxygens (including phenoxy) is 1. The molecule has 0 bridgehead atoms. The van der Waals surface area contributed by atoms with Gasteiger partial charge < -0.3 is 9.84 Å². The molecule has 4 aliphatic rings. The molecule has 4 rings (SSSR count). The highest BCUT2D eigenvalue weighted by molar-refractivity contribution is 5.89.